The molecule has 1 atom stereocenters. The summed E-state index contributed by atoms with van der Waals surface area (Å²) in [6, 6.07) is 3.69. The van der Waals surface area contributed by atoms with Gasteiger partial charge in [0.25, 0.3) is 10.0 Å². The van der Waals surface area contributed by atoms with E-state index in [1.807, 2.05) is 11.9 Å². The van der Waals surface area contributed by atoms with E-state index in [9.17, 15) is 13.2 Å². The summed E-state index contributed by atoms with van der Waals surface area (Å²) in [6.07, 6.45) is 4.22. The number of nitrogens with one attached hydrogen (secondary N) is 1. The number of amides is 1. The SMILES string of the molecule is CNCC1CCCN1C(=O)Cc1ccc(S(=O)(=O)N2CCCC2)s1.Cl. The third-order valence-corrected chi connectivity index (χ3v) is 8.21. The topological polar surface area (TPSA) is 69.7 Å². The van der Waals surface area contributed by atoms with E-state index in [-0.39, 0.29) is 24.4 Å². The molecule has 1 aromatic heterocycles. The monoisotopic (exact) mass is 407 g/mol. The van der Waals surface area contributed by atoms with E-state index in [4.69, 9.17) is 0 Å². The number of thiophene rings is 1. The van der Waals surface area contributed by atoms with Gasteiger partial charge in [0.05, 0.1) is 6.42 Å². The molecule has 2 aliphatic rings. The Morgan fingerprint density at radius 1 is 1.24 bits per heavy atom. The van der Waals surface area contributed by atoms with Crippen molar-refractivity contribution < 1.29 is 13.2 Å². The Hall–Kier alpha value is -0.670. The number of sulfonamides is 1. The molecule has 25 heavy (non-hydrogen) atoms. The van der Waals surface area contributed by atoms with Gasteiger partial charge in [0.15, 0.2) is 0 Å². The summed E-state index contributed by atoms with van der Waals surface area (Å²) in [4.78, 5) is 15.3. The molecule has 1 unspecified atom stereocenters. The zero-order valence-corrected chi connectivity index (χ0v) is 16.9. The molecular formula is C16H26ClN3O3S2. The fraction of sp³-hybridized carbons (Fsp3) is 0.688. The Morgan fingerprint density at radius 2 is 1.96 bits per heavy atom. The zero-order chi connectivity index (χ0) is 17.2. The molecule has 0 aliphatic carbocycles. The maximum atomic E-state index is 12.6. The highest BCUT2D eigenvalue weighted by atomic mass is 35.5. The van der Waals surface area contributed by atoms with Gasteiger partial charge in [0, 0.05) is 37.1 Å². The second kappa shape index (κ2) is 8.81. The van der Waals surface area contributed by atoms with Crippen molar-refractivity contribution in [2.75, 3.05) is 33.2 Å². The van der Waals surface area contributed by atoms with Gasteiger partial charge in [0.2, 0.25) is 5.91 Å². The van der Waals surface area contributed by atoms with Crippen LogP contribution >= 0.6 is 23.7 Å². The van der Waals surface area contributed by atoms with Crippen LogP contribution in [0.5, 0.6) is 0 Å². The first-order valence-corrected chi connectivity index (χ1v) is 10.8. The quantitative estimate of drug-likeness (QED) is 0.779. The van der Waals surface area contributed by atoms with Gasteiger partial charge in [-0.15, -0.1) is 23.7 Å². The maximum Gasteiger partial charge on any atom is 0.252 e. The lowest BCUT2D eigenvalue weighted by Gasteiger charge is -2.24. The van der Waals surface area contributed by atoms with Crippen molar-refractivity contribution in [3.63, 3.8) is 0 Å². The van der Waals surface area contributed by atoms with Gasteiger partial charge in [0.1, 0.15) is 4.21 Å². The van der Waals surface area contributed by atoms with Crippen molar-refractivity contribution >= 4 is 39.7 Å². The largest absolute Gasteiger partial charge is 0.338 e. The summed E-state index contributed by atoms with van der Waals surface area (Å²) in [5, 5.41) is 3.14. The van der Waals surface area contributed by atoms with Gasteiger partial charge in [-0.1, -0.05) is 0 Å². The molecule has 9 heteroatoms. The first-order chi connectivity index (χ1) is 11.5. The number of rotatable bonds is 6. The summed E-state index contributed by atoms with van der Waals surface area (Å²) >= 11 is 1.24. The second-order valence-corrected chi connectivity index (χ2v) is 9.78. The number of hydrogen-bond acceptors (Lipinski definition) is 5. The third kappa shape index (κ3) is 4.54. The van der Waals surface area contributed by atoms with Crippen LogP contribution in [0, 0.1) is 0 Å². The Kier molecular flexibility index (Phi) is 7.28. The number of nitrogens with zero attached hydrogens (tertiary/aromatic N) is 2. The van der Waals surface area contributed by atoms with Gasteiger partial charge in [-0.05, 0) is 44.9 Å². The number of halogens is 1. The summed E-state index contributed by atoms with van der Waals surface area (Å²) in [6.45, 7) is 2.82. The fourth-order valence-corrected chi connectivity index (χ4v) is 6.53. The first-order valence-electron chi connectivity index (χ1n) is 8.55. The fourth-order valence-electron chi connectivity index (χ4n) is 3.51. The smallest absolute Gasteiger partial charge is 0.252 e. The van der Waals surface area contributed by atoms with E-state index in [2.05, 4.69) is 5.32 Å². The minimum Gasteiger partial charge on any atom is -0.338 e. The Bertz CT molecular complexity index is 687. The van der Waals surface area contributed by atoms with E-state index in [1.165, 1.54) is 11.3 Å². The lowest BCUT2D eigenvalue weighted by atomic mass is 10.2. The predicted octanol–water partition coefficient (Wildman–Crippen LogP) is 1.71. The van der Waals surface area contributed by atoms with Crippen molar-refractivity contribution in [3.8, 4) is 0 Å². The van der Waals surface area contributed by atoms with Crippen molar-refractivity contribution in [3.05, 3.63) is 17.0 Å². The van der Waals surface area contributed by atoms with Crippen LogP contribution in [0.25, 0.3) is 0 Å². The van der Waals surface area contributed by atoms with Crippen LogP contribution in [0.3, 0.4) is 0 Å². The number of hydrogen-bond donors (Lipinski definition) is 1. The highest BCUT2D eigenvalue weighted by Crippen LogP contribution is 2.28. The van der Waals surface area contributed by atoms with Crippen LogP contribution in [0.2, 0.25) is 0 Å². The molecule has 2 saturated heterocycles. The number of carbonyl (C=O) groups is 1. The van der Waals surface area contributed by atoms with Gasteiger partial charge in [-0.2, -0.15) is 4.31 Å². The molecule has 0 radical (unpaired) electrons. The van der Waals surface area contributed by atoms with Gasteiger partial charge >= 0.3 is 0 Å². The number of carbonyl (C=O) groups excluding carboxylic acids is 1. The number of likely N-dealkylation sites (N-methyl/N-ethyl adjacent to an activating group) is 1. The first kappa shape index (κ1) is 20.6. The highest BCUT2D eigenvalue weighted by Gasteiger charge is 2.30. The normalized spacial score (nSPS) is 21.5. The van der Waals surface area contributed by atoms with Crippen molar-refractivity contribution in [2.45, 2.75) is 42.4 Å². The standard InChI is InChI=1S/C16H25N3O3S2.ClH/c1-17-12-13-5-4-10-19(13)15(20)11-14-6-7-16(23-14)24(21,22)18-8-2-3-9-18;/h6-7,13,17H,2-5,8-12H2,1H3;1H. The van der Waals surface area contributed by atoms with E-state index in [0.29, 0.717) is 23.7 Å². The number of likely N-dealkylation sites (tertiary alicyclic amines) is 1. The van der Waals surface area contributed by atoms with Crippen molar-refractivity contribution in [1.29, 1.82) is 0 Å². The molecule has 0 spiro atoms. The molecule has 6 nitrogen and oxygen atoms in total. The molecule has 1 N–H and O–H groups in total. The lowest BCUT2D eigenvalue weighted by molar-refractivity contribution is -0.131. The van der Waals surface area contributed by atoms with Crippen LogP contribution in [-0.4, -0.2) is 62.8 Å². The second-order valence-electron chi connectivity index (χ2n) is 6.45. The molecule has 1 aromatic rings. The van der Waals surface area contributed by atoms with E-state index in [1.54, 1.807) is 16.4 Å². The Morgan fingerprint density at radius 3 is 2.64 bits per heavy atom. The van der Waals surface area contributed by atoms with Gasteiger partial charge < -0.3 is 10.2 Å². The summed E-state index contributed by atoms with van der Waals surface area (Å²) in [5.41, 5.74) is 0. The Balaban J connectivity index is 0.00000225. The van der Waals surface area contributed by atoms with Gasteiger partial charge in [-0.25, -0.2) is 8.42 Å². The van der Waals surface area contributed by atoms with Crippen LogP contribution in [0.15, 0.2) is 16.3 Å². The van der Waals surface area contributed by atoms with Crippen LogP contribution in [-0.2, 0) is 21.2 Å². The van der Waals surface area contributed by atoms with Crippen LogP contribution in [0.1, 0.15) is 30.6 Å². The minimum absolute atomic E-state index is 0. The predicted molar refractivity (Wildman–Crippen MR) is 102 cm³/mol. The average Bonchev–Trinajstić information content (AvgIpc) is 3.29. The molecule has 1 amide bonds. The summed E-state index contributed by atoms with van der Waals surface area (Å²) in [7, 11) is -1.48. The third-order valence-electron chi connectivity index (χ3n) is 4.76. The van der Waals surface area contributed by atoms with Gasteiger partial charge in [-0.3, -0.25) is 4.79 Å². The van der Waals surface area contributed by atoms with Crippen molar-refractivity contribution in [1.82, 2.24) is 14.5 Å². The average molecular weight is 408 g/mol. The zero-order valence-electron chi connectivity index (χ0n) is 14.4. The lowest BCUT2D eigenvalue weighted by Crippen LogP contribution is -2.41. The molecule has 0 saturated carbocycles. The van der Waals surface area contributed by atoms with E-state index < -0.39 is 10.0 Å². The molecule has 2 aliphatic heterocycles. The molecule has 0 bridgehead atoms. The van der Waals surface area contributed by atoms with Crippen molar-refractivity contribution in [2.24, 2.45) is 0 Å². The Labute approximate surface area is 160 Å². The van der Waals surface area contributed by atoms with E-state index in [0.717, 1.165) is 43.6 Å². The summed E-state index contributed by atoms with van der Waals surface area (Å²) < 4.78 is 27.0. The van der Waals surface area contributed by atoms with E-state index >= 15 is 0 Å². The molecule has 3 heterocycles. The van der Waals surface area contributed by atoms with Crippen LogP contribution < -0.4 is 5.32 Å². The maximum absolute atomic E-state index is 12.6. The molecular weight excluding hydrogens is 382 g/mol. The summed E-state index contributed by atoms with van der Waals surface area (Å²) in [5.74, 6) is 0.0970. The van der Waals surface area contributed by atoms with Crippen LogP contribution in [0.4, 0.5) is 0 Å². The molecule has 3 rings (SSSR count). The highest BCUT2D eigenvalue weighted by molar-refractivity contribution is 7.91. The molecule has 2 fully saturated rings. The minimum atomic E-state index is -3.38. The molecule has 142 valence electrons. The molecule has 0 aromatic carbocycles.